The minimum absolute atomic E-state index is 0.0260. The molecule has 0 unspecified atom stereocenters. The first-order valence-electron chi connectivity index (χ1n) is 12.0. The van der Waals surface area contributed by atoms with Gasteiger partial charge in [0.1, 0.15) is 16.9 Å². The molecule has 1 aromatic heterocycles. The molecule has 5 nitrogen and oxygen atoms in total. The molecule has 2 aliphatic carbocycles. The highest BCUT2D eigenvalue weighted by Crippen LogP contribution is 2.52. The van der Waals surface area contributed by atoms with Crippen molar-refractivity contribution in [3.63, 3.8) is 0 Å². The summed E-state index contributed by atoms with van der Waals surface area (Å²) in [6.07, 6.45) is 6.17. The molecular formula is C28H27ClN4OS. The van der Waals surface area contributed by atoms with Gasteiger partial charge in [0.2, 0.25) is 0 Å². The number of anilines is 1. The third-order valence-electron chi connectivity index (χ3n) is 7.30. The minimum atomic E-state index is -0.546. The molecule has 2 heterocycles. The number of fused-ring (bicyclic) bond motifs is 1. The fourth-order valence-corrected chi connectivity index (χ4v) is 7.23. The van der Waals surface area contributed by atoms with Crippen LogP contribution in [0.4, 0.5) is 5.00 Å². The van der Waals surface area contributed by atoms with E-state index in [0.29, 0.717) is 40.4 Å². The molecule has 0 bridgehead atoms. The largest absolute Gasteiger partial charge is 0.384 e. The van der Waals surface area contributed by atoms with Crippen molar-refractivity contribution < 1.29 is 4.79 Å². The second-order valence-corrected chi connectivity index (χ2v) is 11.9. The first kappa shape index (κ1) is 23.7. The van der Waals surface area contributed by atoms with Gasteiger partial charge in [-0.1, -0.05) is 44.0 Å². The average Bonchev–Trinajstić information content (AvgIpc) is 2.98. The van der Waals surface area contributed by atoms with E-state index in [9.17, 15) is 15.3 Å². The van der Waals surface area contributed by atoms with Gasteiger partial charge in [0, 0.05) is 27.6 Å². The zero-order valence-corrected chi connectivity index (χ0v) is 21.5. The molecule has 0 fully saturated rings. The van der Waals surface area contributed by atoms with Crippen molar-refractivity contribution in [1.29, 1.82) is 10.5 Å². The summed E-state index contributed by atoms with van der Waals surface area (Å²) in [6, 6.07) is 12.0. The van der Waals surface area contributed by atoms with Gasteiger partial charge in [-0.2, -0.15) is 10.5 Å². The van der Waals surface area contributed by atoms with Gasteiger partial charge in [0.05, 0.1) is 23.1 Å². The number of rotatable bonds is 2. The Hall–Kier alpha value is -3.06. The summed E-state index contributed by atoms with van der Waals surface area (Å²) in [4.78, 5) is 16.8. The summed E-state index contributed by atoms with van der Waals surface area (Å²) in [5.74, 6) is -0.210. The Kier molecular flexibility index (Phi) is 5.99. The standard InChI is InChI=1S/C28H27ClN4OS/c1-28(2)12-21-25(22(34)13-28)24(16-8-10-17(29)11-9-16)20(15-31)26(32)33(21)27-19(14-30)18-6-4-3-5-7-23(18)35-27/h8-11,24H,3-7,12-13,32H2,1-2H3/t24-/m1/s1. The van der Waals surface area contributed by atoms with Crippen LogP contribution in [0.5, 0.6) is 0 Å². The molecule has 1 atom stereocenters. The number of nitrogens with two attached hydrogens (primary N) is 1. The second-order valence-electron chi connectivity index (χ2n) is 10.4. The van der Waals surface area contributed by atoms with Gasteiger partial charge in [-0.25, -0.2) is 0 Å². The van der Waals surface area contributed by atoms with E-state index in [0.717, 1.165) is 53.9 Å². The predicted molar refractivity (Wildman–Crippen MR) is 139 cm³/mol. The quantitative estimate of drug-likeness (QED) is 0.474. The monoisotopic (exact) mass is 502 g/mol. The molecule has 5 rings (SSSR count). The van der Waals surface area contributed by atoms with Crippen molar-refractivity contribution in [2.45, 2.75) is 64.7 Å². The van der Waals surface area contributed by atoms with Crippen molar-refractivity contribution in [2.24, 2.45) is 11.1 Å². The van der Waals surface area contributed by atoms with Crippen molar-refractivity contribution >= 4 is 33.7 Å². The van der Waals surface area contributed by atoms with Crippen LogP contribution in [0.2, 0.25) is 5.02 Å². The van der Waals surface area contributed by atoms with Crippen LogP contribution in [0.25, 0.3) is 0 Å². The molecule has 35 heavy (non-hydrogen) atoms. The molecule has 3 aliphatic rings. The van der Waals surface area contributed by atoms with E-state index >= 15 is 0 Å². The summed E-state index contributed by atoms with van der Waals surface area (Å²) in [5, 5.41) is 21.8. The number of aryl methyl sites for hydroxylation is 1. The molecule has 1 aromatic carbocycles. The number of nitriles is 2. The topological polar surface area (TPSA) is 93.9 Å². The van der Waals surface area contributed by atoms with Crippen LogP contribution in [0, 0.1) is 28.1 Å². The molecule has 0 saturated carbocycles. The van der Waals surface area contributed by atoms with E-state index in [-0.39, 0.29) is 11.2 Å². The van der Waals surface area contributed by atoms with Crippen LogP contribution in [0.1, 0.15) is 73.4 Å². The maximum absolute atomic E-state index is 13.7. The number of halogens is 1. The van der Waals surface area contributed by atoms with Crippen LogP contribution in [-0.2, 0) is 17.6 Å². The van der Waals surface area contributed by atoms with Crippen LogP contribution >= 0.6 is 22.9 Å². The van der Waals surface area contributed by atoms with Gasteiger partial charge in [0.15, 0.2) is 5.78 Å². The van der Waals surface area contributed by atoms with Gasteiger partial charge < -0.3 is 5.73 Å². The van der Waals surface area contributed by atoms with Crippen LogP contribution in [0.15, 0.2) is 46.9 Å². The summed E-state index contributed by atoms with van der Waals surface area (Å²) in [7, 11) is 0. The molecule has 1 aliphatic heterocycles. The van der Waals surface area contributed by atoms with Crippen molar-refractivity contribution in [3.05, 3.63) is 73.5 Å². The summed E-state index contributed by atoms with van der Waals surface area (Å²) in [5.41, 5.74) is 10.9. The van der Waals surface area contributed by atoms with Gasteiger partial charge in [0.25, 0.3) is 0 Å². The fraction of sp³-hybridized carbons (Fsp3) is 0.393. The lowest BCUT2D eigenvalue weighted by Crippen LogP contribution is -2.42. The van der Waals surface area contributed by atoms with Gasteiger partial charge in [-0.3, -0.25) is 9.69 Å². The predicted octanol–water partition coefficient (Wildman–Crippen LogP) is 6.48. The summed E-state index contributed by atoms with van der Waals surface area (Å²) < 4.78 is 0. The van der Waals surface area contributed by atoms with E-state index < -0.39 is 5.92 Å². The normalized spacial score (nSPS) is 21.7. The van der Waals surface area contributed by atoms with Crippen molar-refractivity contribution in [2.75, 3.05) is 4.90 Å². The first-order chi connectivity index (χ1) is 16.8. The highest BCUT2D eigenvalue weighted by atomic mass is 35.5. The number of Topliss-reactive ketones (excluding diaryl/α,β-unsaturated/α-hetero) is 1. The molecule has 2 N–H and O–H groups in total. The number of ketones is 1. The molecule has 0 radical (unpaired) electrons. The number of thiophene rings is 1. The molecule has 178 valence electrons. The fourth-order valence-electron chi connectivity index (χ4n) is 5.73. The number of hydrogen-bond acceptors (Lipinski definition) is 6. The molecular weight excluding hydrogens is 476 g/mol. The molecule has 7 heteroatoms. The van der Waals surface area contributed by atoms with Crippen molar-refractivity contribution in [1.82, 2.24) is 0 Å². The lowest BCUT2D eigenvalue weighted by atomic mass is 9.68. The number of allylic oxidation sites excluding steroid dienone is 3. The van der Waals surface area contributed by atoms with Crippen LogP contribution in [0.3, 0.4) is 0 Å². The molecule has 0 saturated heterocycles. The molecule has 0 spiro atoms. The first-order valence-corrected chi connectivity index (χ1v) is 13.2. The Morgan fingerprint density at radius 1 is 1.09 bits per heavy atom. The highest BCUT2D eigenvalue weighted by molar-refractivity contribution is 7.16. The Labute approximate surface area is 215 Å². The highest BCUT2D eigenvalue weighted by Gasteiger charge is 2.45. The molecule has 0 amide bonds. The molecule has 2 aromatic rings. The third-order valence-corrected chi connectivity index (χ3v) is 8.83. The number of carbonyl (C=O) groups is 1. The number of carbonyl (C=O) groups excluding carboxylic acids is 1. The number of hydrogen-bond donors (Lipinski definition) is 1. The SMILES string of the molecule is CC1(C)CC(=O)C2=C(C1)N(c1sc3c(c1C#N)CCCCC3)C(N)=C(C#N)[C@H]2c1ccc(Cl)cc1. The van der Waals surface area contributed by atoms with E-state index in [1.807, 2.05) is 17.0 Å². The lowest BCUT2D eigenvalue weighted by molar-refractivity contribution is -0.118. The zero-order valence-electron chi connectivity index (χ0n) is 19.9. The maximum atomic E-state index is 13.7. The summed E-state index contributed by atoms with van der Waals surface area (Å²) in [6.45, 7) is 4.16. The Bertz CT molecular complexity index is 1370. The Morgan fingerprint density at radius 2 is 1.80 bits per heavy atom. The van der Waals surface area contributed by atoms with Gasteiger partial charge >= 0.3 is 0 Å². The van der Waals surface area contributed by atoms with Gasteiger partial charge in [-0.05, 0) is 60.8 Å². The Morgan fingerprint density at radius 3 is 2.49 bits per heavy atom. The second kappa shape index (κ2) is 8.86. The van der Waals surface area contributed by atoms with E-state index in [4.69, 9.17) is 17.3 Å². The van der Waals surface area contributed by atoms with Crippen molar-refractivity contribution in [3.8, 4) is 12.1 Å². The van der Waals surface area contributed by atoms with E-state index in [2.05, 4.69) is 26.0 Å². The van der Waals surface area contributed by atoms with Crippen LogP contribution < -0.4 is 10.6 Å². The maximum Gasteiger partial charge on any atom is 0.162 e. The van der Waals surface area contributed by atoms with Crippen LogP contribution in [-0.4, -0.2) is 5.78 Å². The summed E-state index contributed by atoms with van der Waals surface area (Å²) >= 11 is 7.73. The van der Waals surface area contributed by atoms with Gasteiger partial charge in [-0.15, -0.1) is 11.3 Å². The van der Waals surface area contributed by atoms with E-state index in [1.165, 1.54) is 4.88 Å². The number of benzene rings is 1. The number of nitrogens with zero attached hydrogens (tertiary/aromatic N) is 3. The Balaban J connectivity index is 1.78. The zero-order chi connectivity index (χ0) is 24.9. The lowest BCUT2D eigenvalue weighted by Gasteiger charge is -2.43. The smallest absolute Gasteiger partial charge is 0.162 e. The van der Waals surface area contributed by atoms with E-state index in [1.54, 1.807) is 23.5 Å². The third kappa shape index (κ3) is 3.96. The average molecular weight is 503 g/mol. The minimum Gasteiger partial charge on any atom is -0.384 e.